The van der Waals surface area contributed by atoms with Gasteiger partial charge in [-0.05, 0) is 61.7 Å². The summed E-state index contributed by atoms with van der Waals surface area (Å²) in [5.74, 6) is 0.573. The minimum Gasteiger partial charge on any atom is -0.351 e. The highest BCUT2D eigenvalue weighted by atomic mass is 35.5. The van der Waals surface area contributed by atoms with E-state index in [9.17, 15) is 4.79 Å². The van der Waals surface area contributed by atoms with Gasteiger partial charge >= 0.3 is 0 Å². The fourth-order valence-electron chi connectivity index (χ4n) is 2.65. The van der Waals surface area contributed by atoms with E-state index < -0.39 is 0 Å². The summed E-state index contributed by atoms with van der Waals surface area (Å²) >= 11 is 7.42. The number of amides is 1. The van der Waals surface area contributed by atoms with Crippen LogP contribution in [0, 0.1) is 5.92 Å². The summed E-state index contributed by atoms with van der Waals surface area (Å²) in [7, 11) is 0. The molecule has 3 rings (SSSR count). The van der Waals surface area contributed by atoms with E-state index >= 15 is 0 Å². The summed E-state index contributed by atoms with van der Waals surface area (Å²) in [5, 5.41) is 7.14. The number of thiophene rings is 1. The van der Waals surface area contributed by atoms with Gasteiger partial charge in [0.05, 0.1) is 4.88 Å². The number of halogens is 2. The molecule has 1 aliphatic heterocycles. The Bertz CT molecular complexity index is 636. The van der Waals surface area contributed by atoms with Gasteiger partial charge in [-0.15, -0.1) is 23.7 Å². The molecule has 1 unspecified atom stereocenters. The second kappa shape index (κ2) is 8.69. The smallest absolute Gasteiger partial charge is 0.261 e. The van der Waals surface area contributed by atoms with Crippen molar-refractivity contribution in [2.24, 2.45) is 5.92 Å². The molecule has 124 valence electrons. The average molecular weight is 371 g/mol. The number of rotatable bonds is 4. The number of benzene rings is 1. The Morgan fingerprint density at radius 2 is 2.04 bits per heavy atom. The standard InChI is InChI=1S/C17H19ClN2OS.ClH/c18-14-5-3-13(4-6-14)15-7-8-16(22-15)17(21)20-11-12-2-1-9-19-10-12;/h3-8,12,19H,1-2,9-11H2,(H,20,21);1H. The molecule has 6 heteroatoms. The van der Waals surface area contributed by atoms with Crippen molar-refractivity contribution < 1.29 is 4.79 Å². The number of piperidine rings is 1. The summed E-state index contributed by atoms with van der Waals surface area (Å²) in [6.07, 6.45) is 2.38. The van der Waals surface area contributed by atoms with Crippen molar-refractivity contribution >= 4 is 41.3 Å². The first-order chi connectivity index (χ1) is 10.7. The monoisotopic (exact) mass is 370 g/mol. The molecule has 2 aromatic rings. The van der Waals surface area contributed by atoms with Gasteiger partial charge in [-0.3, -0.25) is 4.79 Å². The van der Waals surface area contributed by atoms with Crippen LogP contribution in [0.15, 0.2) is 36.4 Å². The number of carbonyl (C=O) groups excluding carboxylic acids is 1. The van der Waals surface area contributed by atoms with Crippen LogP contribution in [-0.2, 0) is 0 Å². The Morgan fingerprint density at radius 3 is 2.74 bits per heavy atom. The van der Waals surface area contributed by atoms with Crippen LogP contribution in [0.4, 0.5) is 0 Å². The molecular formula is C17H20Cl2N2OS. The van der Waals surface area contributed by atoms with E-state index in [-0.39, 0.29) is 18.3 Å². The molecule has 1 saturated heterocycles. The molecule has 1 atom stereocenters. The highest BCUT2D eigenvalue weighted by Crippen LogP contribution is 2.29. The lowest BCUT2D eigenvalue weighted by atomic mass is 10.00. The minimum atomic E-state index is 0. The Kier molecular flexibility index (Phi) is 6.90. The van der Waals surface area contributed by atoms with E-state index in [4.69, 9.17) is 11.6 Å². The van der Waals surface area contributed by atoms with Crippen molar-refractivity contribution in [3.63, 3.8) is 0 Å². The van der Waals surface area contributed by atoms with Crippen LogP contribution in [0.25, 0.3) is 10.4 Å². The average Bonchev–Trinajstić information content (AvgIpc) is 3.04. The van der Waals surface area contributed by atoms with Crippen LogP contribution in [0.3, 0.4) is 0 Å². The van der Waals surface area contributed by atoms with Crippen LogP contribution < -0.4 is 10.6 Å². The van der Waals surface area contributed by atoms with Gasteiger partial charge in [0.2, 0.25) is 0 Å². The molecule has 23 heavy (non-hydrogen) atoms. The number of hydrogen-bond acceptors (Lipinski definition) is 3. The largest absolute Gasteiger partial charge is 0.351 e. The van der Waals surface area contributed by atoms with Crippen molar-refractivity contribution in [2.45, 2.75) is 12.8 Å². The van der Waals surface area contributed by atoms with Crippen molar-refractivity contribution in [1.29, 1.82) is 0 Å². The lowest BCUT2D eigenvalue weighted by Crippen LogP contribution is -2.37. The molecule has 2 N–H and O–H groups in total. The molecule has 1 amide bonds. The lowest BCUT2D eigenvalue weighted by molar-refractivity contribution is 0.0949. The summed E-state index contributed by atoms with van der Waals surface area (Å²) in [6.45, 7) is 2.85. The third-order valence-electron chi connectivity index (χ3n) is 3.91. The van der Waals surface area contributed by atoms with Crippen LogP contribution in [-0.4, -0.2) is 25.5 Å². The molecule has 0 saturated carbocycles. The number of carbonyl (C=O) groups is 1. The molecule has 3 nitrogen and oxygen atoms in total. The summed E-state index contributed by atoms with van der Waals surface area (Å²) in [5.41, 5.74) is 1.09. The molecule has 0 aliphatic carbocycles. The number of hydrogen-bond donors (Lipinski definition) is 2. The molecule has 1 aliphatic rings. The van der Waals surface area contributed by atoms with Gasteiger partial charge in [-0.1, -0.05) is 23.7 Å². The quantitative estimate of drug-likeness (QED) is 0.845. The van der Waals surface area contributed by atoms with Crippen LogP contribution in [0.5, 0.6) is 0 Å². The molecular weight excluding hydrogens is 351 g/mol. The Hall–Kier alpha value is -1.07. The van der Waals surface area contributed by atoms with Crippen LogP contribution in [0.2, 0.25) is 5.02 Å². The van der Waals surface area contributed by atoms with Gasteiger partial charge in [-0.2, -0.15) is 0 Å². The van der Waals surface area contributed by atoms with Gasteiger partial charge in [0.1, 0.15) is 0 Å². The molecule has 0 bridgehead atoms. The second-order valence-electron chi connectivity index (χ2n) is 5.59. The molecule has 0 spiro atoms. The van der Waals surface area contributed by atoms with Gasteiger partial charge in [-0.25, -0.2) is 0 Å². The third kappa shape index (κ3) is 4.95. The van der Waals surface area contributed by atoms with E-state index in [1.165, 1.54) is 24.2 Å². The van der Waals surface area contributed by atoms with E-state index in [0.717, 1.165) is 40.0 Å². The maximum absolute atomic E-state index is 12.2. The van der Waals surface area contributed by atoms with E-state index in [0.29, 0.717) is 5.92 Å². The van der Waals surface area contributed by atoms with Crippen molar-refractivity contribution in [3.8, 4) is 10.4 Å². The predicted octanol–water partition coefficient (Wildman–Crippen LogP) is 4.22. The fourth-order valence-corrected chi connectivity index (χ4v) is 3.71. The maximum atomic E-state index is 12.2. The van der Waals surface area contributed by atoms with Crippen molar-refractivity contribution in [3.05, 3.63) is 46.3 Å². The Morgan fingerprint density at radius 1 is 1.26 bits per heavy atom. The highest BCUT2D eigenvalue weighted by Gasteiger charge is 2.15. The molecule has 1 aromatic heterocycles. The lowest BCUT2D eigenvalue weighted by Gasteiger charge is -2.22. The Balaban J connectivity index is 0.00000192. The van der Waals surface area contributed by atoms with Crippen molar-refractivity contribution in [2.75, 3.05) is 19.6 Å². The second-order valence-corrected chi connectivity index (χ2v) is 7.11. The minimum absolute atomic E-state index is 0. The van der Waals surface area contributed by atoms with Crippen LogP contribution in [0.1, 0.15) is 22.5 Å². The van der Waals surface area contributed by atoms with Crippen LogP contribution >= 0.6 is 35.3 Å². The van der Waals surface area contributed by atoms with Crippen molar-refractivity contribution in [1.82, 2.24) is 10.6 Å². The zero-order valence-corrected chi connectivity index (χ0v) is 15.1. The molecule has 0 radical (unpaired) electrons. The van der Waals surface area contributed by atoms with Gasteiger partial charge in [0.25, 0.3) is 5.91 Å². The predicted molar refractivity (Wildman–Crippen MR) is 99.9 cm³/mol. The topological polar surface area (TPSA) is 41.1 Å². The first-order valence-corrected chi connectivity index (χ1v) is 8.76. The third-order valence-corrected chi connectivity index (χ3v) is 5.29. The fraction of sp³-hybridized carbons (Fsp3) is 0.353. The molecule has 1 aromatic carbocycles. The maximum Gasteiger partial charge on any atom is 0.261 e. The van der Waals surface area contributed by atoms with E-state index in [2.05, 4.69) is 10.6 Å². The van der Waals surface area contributed by atoms with E-state index in [1.54, 1.807) is 0 Å². The van der Waals surface area contributed by atoms with Gasteiger partial charge in [0, 0.05) is 16.4 Å². The summed E-state index contributed by atoms with van der Waals surface area (Å²) in [4.78, 5) is 14.1. The summed E-state index contributed by atoms with van der Waals surface area (Å²) < 4.78 is 0. The Labute approximate surface area is 151 Å². The highest BCUT2D eigenvalue weighted by molar-refractivity contribution is 7.17. The first kappa shape index (κ1) is 18.3. The SMILES string of the molecule is Cl.O=C(NCC1CCCNC1)c1ccc(-c2ccc(Cl)cc2)s1. The first-order valence-electron chi connectivity index (χ1n) is 7.57. The normalized spacial score (nSPS) is 17.3. The zero-order chi connectivity index (χ0) is 15.4. The zero-order valence-electron chi connectivity index (χ0n) is 12.7. The van der Waals surface area contributed by atoms with Gasteiger partial charge in [0.15, 0.2) is 0 Å². The molecule has 2 heterocycles. The summed E-state index contributed by atoms with van der Waals surface area (Å²) in [6, 6.07) is 11.6. The number of nitrogens with one attached hydrogen (secondary N) is 2. The molecule has 1 fully saturated rings. The van der Waals surface area contributed by atoms with E-state index in [1.807, 2.05) is 36.4 Å². The van der Waals surface area contributed by atoms with Gasteiger partial charge < -0.3 is 10.6 Å².